The van der Waals surface area contributed by atoms with E-state index in [1.54, 1.807) is 7.05 Å². The topological polar surface area (TPSA) is 84.0 Å². The number of nitrogens with zero attached hydrogens (tertiary/aromatic N) is 2. The van der Waals surface area contributed by atoms with Crippen LogP contribution in [0.5, 0.6) is 0 Å². The van der Waals surface area contributed by atoms with Crippen LogP contribution in [0.25, 0.3) is 0 Å². The second-order valence-corrected chi connectivity index (χ2v) is 7.98. The number of hydrogen-bond donors (Lipinski definition) is 0. The van der Waals surface area contributed by atoms with Crippen molar-refractivity contribution in [1.29, 1.82) is 0 Å². The van der Waals surface area contributed by atoms with Gasteiger partial charge in [0.15, 0.2) is 6.10 Å². The fourth-order valence-corrected chi connectivity index (χ4v) is 4.24. The van der Waals surface area contributed by atoms with Gasteiger partial charge in [-0.2, -0.15) is 0 Å². The summed E-state index contributed by atoms with van der Waals surface area (Å²) in [5.41, 5.74) is 0.964. The molecule has 3 amide bonds. The Morgan fingerprint density at radius 1 is 1.07 bits per heavy atom. The van der Waals surface area contributed by atoms with Gasteiger partial charge in [0.2, 0.25) is 11.8 Å². The number of esters is 1. The van der Waals surface area contributed by atoms with Crippen molar-refractivity contribution in [2.45, 2.75) is 58.2 Å². The summed E-state index contributed by atoms with van der Waals surface area (Å²) in [7, 11) is 1.64. The van der Waals surface area contributed by atoms with Gasteiger partial charge in [0.1, 0.15) is 6.04 Å². The van der Waals surface area contributed by atoms with Crippen molar-refractivity contribution in [1.82, 2.24) is 9.80 Å². The zero-order valence-corrected chi connectivity index (χ0v) is 17.2. The van der Waals surface area contributed by atoms with Crippen molar-refractivity contribution in [3.05, 3.63) is 35.9 Å². The number of amides is 3. The van der Waals surface area contributed by atoms with Crippen molar-refractivity contribution >= 4 is 23.7 Å². The molecule has 2 aliphatic rings. The molecular weight excluding hydrogens is 372 g/mol. The van der Waals surface area contributed by atoms with Crippen LogP contribution in [0.1, 0.15) is 45.1 Å². The Morgan fingerprint density at radius 3 is 2.17 bits per heavy atom. The third-order valence-corrected chi connectivity index (χ3v) is 5.88. The van der Waals surface area contributed by atoms with E-state index in [1.807, 2.05) is 30.3 Å². The summed E-state index contributed by atoms with van der Waals surface area (Å²) in [5, 5.41) is 0. The zero-order chi connectivity index (χ0) is 21.1. The molecule has 156 valence electrons. The van der Waals surface area contributed by atoms with Gasteiger partial charge in [0.05, 0.1) is 11.8 Å². The maximum Gasteiger partial charge on any atom is 0.329 e. The molecule has 4 unspecified atom stereocenters. The van der Waals surface area contributed by atoms with E-state index in [0.717, 1.165) is 23.3 Å². The van der Waals surface area contributed by atoms with Gasteiger partial charge in [-0.1, -0.05) is 43.2 Å². The van der Waals surface area contributed by atoms with Crippen LogP contribution in [0, 0.1) is 11.8 Å². The quantitative estimate of drug-likeness (QED) is 0.540. The fraction of sp³-hybridized carbons (Fsp3) is 0.545. The summed E-state index contributed by atoms with van der Waals surface area (Å²) < 4.78 is 5.32. The number of imide groups is 1. The summed E-state index contributed by atoms with van der Waals surface area (Å²) in [6.07, 6.45) is 2.21. The molecule has 1 heterocycles. The summed E-state index contributed by atoms with van der Waals surface area (Å²) in [4.78, 5) is 53.0. The molecule has 2 fully saturated rings. The number of rotatable bonds is 6. The summed E-state index contributed by atoms with van der Waals surface area (Å²) >= 11 is 0. The second kappa shape index (κ2) is 8.76. The van der Waals surface area contributed by atoms with E-state index in [4.69, 9.17) is 4.74 Å². The van der Waals surface area contributed by atoms with Gasteiger partial charge in [0.25, 0.3) is 5.91 Å². The highest BCUT2D eigenvalue weighted by Gasteiger charge is 2.51. The molecule has 7 heteroatoms. The largest absolute Gasteiger partial charge is 0.451 e. The van der Waals surface area contributed by atoms with Crippen LogP contribution in [0.2, 0.25) is 0 Å². The van der Waals surface area contributed by atoms with Gasteiger partial charge in [-0.3, -0.25) is 19.3 Å². The van der Waals surface area contributed by atoms with Crippen molar-refractivity contribution in [2.75, 3.05) is 7.05 Å². The van der Waals surface area contributed by atoms with E-state index >= 15 is 0 Å². The van der Waals surface area contributed by atoms with E-state index in [2.05, 4.69) is 0 Å². The first-order chi connectivity index (χ1) is 13.8. The summed E-state index contributed by atoms with van der Waals surface area (Å²) in [6, 6.07) is 8.46. The molecule has 1 saturated heterocycles. The Hall–Kier alpha value is -2.70. The number of likely N-dealkylation sites (N-methyl/N-ethyl adjacent to an activating group) is 1. The minimum absolute atomic E-state index is 0.288. The molecule has 0 spiro atoms. The predicted octanol–water partition coefficient (Wildman–Crippen LogP) is 2.14. The van der Waals surface area contributed by atoms with Crippen molar-refractivity contribution in [3.63, 3.8) is 0 Å². The van der Waals surface area contributed by atoms with Gasteiger partial charge >= 0.3 is 5.97 Å². The average Bonchev–Trinajstić information content (AvgIpc) is 2.98. The van der Waals surface area contributed by atoms with Crippen LogP contribution < -0.4 is 0 Å². The highest BCUT2D eigenvalue weighted by Crippen LogP contribution is 2.38. The Balaban J connectivity index is 1.59. The first-order valence-corrected chi connectivity index (χ1v) is 10.2. The number of hydrogen-bond acceptors (Lipinski definition) is 5. The Kier molecular flexibility index (Phi) is 6.35. The van der Waals surface area contributed by atoms with Gasteiger partial charge in [0, 0.05) is 13.6 Å². The minimum atomic E-state index is -1.03. The van der Waals surface area contributed by atoms with Gasteiger partial charge in [-0.25, -0.2) is 4.79 Å². The van der Waals surface area contributed by atoms with Crippen LogP contribution in [0.15, 0.2) is 30.3 Å². The van der Waals surface area contributed by atoms with E-state index in [1.165, 1.54) is 18.7 Å². The molecule has 1 saturated carbocycles. The highest BCUT2D eigenvalue weighted by molar-refractivity contribution is 6.07. The van der Waals surface area contributed by atoms with E-state index < -0.39 is 18.1 Å². The lowest BCUT2D eigenvalue weighted by molar-refractivity contribution is -0.166. The molecule has 0 aromatic heterocycles. The molecule has 1 aromatic rings. The number of fused-ring (bicyclic) bond motifs is 1. The SMILES string of the molecule is CC(OC(=O)C(C)N1C(=O)C2CCCCC2C1=O)C(=O)N(C)Cc1ccccc1. The van der Waals surface area contributed by atoms with Crippen molar-refractivity contribution in [2.24, 2.45) is 11.8 Å². The van der Waals surface area contributed by atoms with Crippen LogP contribution in [0.3, 0.4) is 0 Å². The van der Waals surface area contributed by atoms with Crippen LogP contribution in [-0.2, 0) is 30.5 Å². The van der Waals surface area contributed by atoms with Crippen molar-refractivity contribution in [3.8, 4) is 0 Å². The van der Waals surface area contributed by atoms with E-state index in [0.29, 0.717) is 19.4 Å². The number of benzene rings is 1. The maximum atomic E-state index is 12.6. The Morgan fingerprint density at radius 2 is 1.62 bits per heavy atom. The standard InChI is InChI=1S/C22H28N2O5/c1-14(24-20(26)17-11-7-8-12-18(17)21(24)27)22(28)29-15(2)19(25)23(3)13-16-9-5-4-6-10-16/h4-6,9-10,14-15,17-18H,7-8,11-13H2,1-3H3. The number of likely N-dealkylation sites (tertiary alicyclic amines) is 1. The lowest BCUT2D eigenvalue weighted by atomic mass is 9.81. The Bertz CT molecular complexity index is 770. The van der Waals surface area contributed by atoms with E-state index in [9.17, 15) is 19.2 Å². The number of carbonyl (C=O) groups excluding carboxylic acids is 4. The molecule has 4 atom stereocenters. The average molecular weight is 400 g/mol. The zero-order valence-electron chi connectivity index (χ0n) is 17.2. The molecule has 1 aliphatic heterocycles. The van der Waals surface area contributed by atoms with Gasteiger partial charge in [-0.05, 0) is 32.3 Å². The predicted molar refractivity (Wildman–Crippen MR) is 105 cm³/mol. The molecule has 0 bridgehead atoms. The molecule has 1 aliphatic carbocycles. The first-order valence-electron chi connectivity index (χ1n) is 10.2. The molecule has 1 aromatic carbocycles. The number of ether oxygens (including phenoxy) is 1. The van der Waals surface area contributed by atoms with Crippen LogP contribution >= 0.6 is 0 Å². The first kappa shape index (κ1) is 21.0. The maximum absolute atomic E-state index is 12.6. The van der Waals surface area contributed by atoms with Gasteiger partial charge < -0.3 is 9.64 Å². The molecule has 3 rings (SSSR count). The van der Waals surface area contributed by atoms with Crippen molar-refractivity contribution < 1.29 is 23.9 Å². The monoisotopic (exact) mass is 400 g/mol. The number of carbonyl (C=O) groups is 4. The lowest BCUT2D eigenvalue weighted by Crippen LogP contribution is -2.46. The van der Waals surface area contributed by atoms with E-state index in [-0.39, 0.29) is 29.6 Å². The third-order valence-electron chi connectivity index (χ3n) is 5.88. The highest BCUT2D eigenvalue weighted by atomic mass is 16.5. The molecular formula is C22H28N2O5. The summed E-state index contributed by atoms with van der Waals surface area (Å²) in [6.45, 7) is 3.38. The normalized spacial score (nSPS) is 23.3. The lowest BCUT2D eigenvalue weighted by Gasteiger charge is -2.25. The molecule has 7 nitrogen and oxygen atoms in total. The molecule has 0 N–H and O–H groups in total. The molecule has 29 heavy (non-hydrogen) atoms. The van der Waals surface area contributed by atoms with Crippen LogP contribution in [0.4, 0.5) is 0 Å². The second-order valence-electron chi connectivity index (χ2n) is 7.98. The Labute approximate surface area is 171 Å². The minimum Gasteiger partial charge on any atom is -0.451 e. The smallest absolute Gasteiger partial charge is 0.329 e. The summed E-state index contributed by atoms with van der Waals surface area (Å²) in [5.74, 6) is -2.29. The third kappa shape index (κ3) is 4.33. The van der Waals surface area contributed by atoms with Gasteiger partial charge in [-0.15, -0.1) is 0 Å². The molecule has 0 radical (unpaired) electrons. The van der Waals surface area contributed by atoms with Crippen LogP contribution in [-0.4, -0.2) is 52.7 Å². The fourth-order valence-electron chi connectivity index (χ4n) is 4.24.